The smallest absolute Gasteiger partial charge is 0.178 e. The maximum Gasteiger partial charge on any atom is 0.178 e. The second-order valence-corrected chi connectivity index (χ2v) is 7.94. The number of sulfone groups is 1. The fourth-order valence-corrected chi connectivity index (χ4v) is 3.29. The highest BCUT2D eigenvalue weighted by molar-refractivity contribution is 7.91. The minimum absolute atomic E-state index is 0.0508. The van der Waals surface area contributed by atoms with Crippen molar-refractivity contribution in [3.05, 3.63) is 28.2 Å². The van der Waals surface area contributed by atoms with Crippen molar-refractivity contribution in [2.24, 2.45) is 11.1 Å². The first-order chi connectivity index (χ1) is 8.18. The molecule has 0 bridgehead atoms. The van der Waals surface area contributed by atoms with Crippen molar-refractivity contribution in [3.63, 3.8) is 0 Å². The number of nitrogens with two attached hydrogens (primary N) is 1. The van der Waals surface area contributed by atoms with Crippen molar-refractivity contribution < 1.29 is 8.42 Å². The predicted octanol–water partition coefficient (Wildman–Crippen LogP) is 3.14. The molecule has 0 aliphatic carbocycles. The Morgan fingerprint density at radius 3 is 2.33 bits per heavy atom. The van der Waals surface area contributed by atoms with E-state index in [1.807, 2.05) is 13.8 Å². The van der Waals surface area contributed by atoms with Crippen LogP contribution in [0.15, 0.2) is 23.1 Å². The van der Waals surface area contributed by atoms with Crippen LogP contribution >= 0.6 is 23.2 Å². The van der Waals surface area contributed by atoms with Crippen LogP contribution in [0.3, 0.4) is 0 Å². The van der Waals surface area contributed by atoms with E-state index in [0.29, 0.717) is 18.0 Å². The molecule has 0 unspecified atom stereocenters. The minimum atomic E-state index is -3.34. The van der Waals surface area contributed by atoms with E-state index in [1.165, 1.54) is 18.2 Å². The van der Waals surface area contributed by atoms with Crippen molar-refractivity contribution in [3.8, 4) is 0 Å². The summed E-state index contributed by atoms with van der Waals surface area (Å²) in [5.74, 6) is 0.0508. The van der Waals surface area contributed by atoms with Crippen molar-refractivity contribution >= 4 is 33.0 Å². The van der Waals surface area contributed by atoms with E-state index in [4.69, 9.17) is 28.9 Å². The quantitative estimate of drug-likeness (QED) is 0.909. The highest BCUT2D eigenvalue weighted by Gasteiger charge is 2.22. The number of rotatable bonds is 5. The molecule has 0 radical (unpaired) electrons. The molecule has 18 heavy (non-hydrogen) atoms. The Morgan fingerprint density at radius 1 is 1.22 bits per heavy atom. The van der Waals surface area contributed by atoms with Crippen LogP contribution in [0, 0.1) is 5.41 Å². The lowest BCUT2D eigenvalue weighted by atomic mass is 9.91. The number of hydrogen-bond acceptors (Lipinski definition) is 3. The SMILES string of the molecule is CC(C)(CN)CCS(=O)(=O)c1ccc(Cl)c(Cl)c1. The second kappa shape index (κ2) is 5.78. The summed E-state index contributed by atoms with van der Waals surface area (Å²) in [6.07, 6.45) is 0.506. The van der Waals surface area contributed by atoms with Gasteiger partial charge in [0.1, 0.15) is 0 Å². The molecule has 1 rings (SSSR count). The van der Waals surface area contributed by atoms with E-state index in [9.17, 15) is 8.42 Å². The summed E-state index contributed by atoms with van der Waals surface area (Å²) < 4.78 is 24.2. The maximum absolute atomic E-state index is 12.1. The molecule has 0 heterocycles. The fourth-order valence-electron chi connectivity index (χ4n) is 1.30. The van der Waals surface area contributed by atoms with Crippen molar-refractivity contribution in [2.45, 2.75) is 25.2 Å². The van der Waals surface area contributed by atoms with Crippen LogP contribution in [0.1, 0.15) is 20.3 Å². The van der Waals surface area contributed by atoms with E-state index in [-0.39, 0.29) is 21.1 Å². The third kappa shape index (κ3) is 4.12. The van der Waals surface area contributed by atoms with E-state index in [0.717, 1.165) is 0 Å². The Hall–Kier alpha value is -0.290. The van der Waals surface area contributed by atoms with Gasteiger partial charge in [-0.05, 0) is 36.6 Å². The largest absolute Gasteiger partial charge is 0.330 e. The van der Waals surface area contributed by atoms with Gasteiger partial charge in [0.2, 0.25) is 0 Å². The number of benzene rings is 1. The van der Waals surface area contributed by atoms with Crippen LogP contribution in [0.2, 0.25) is 10.0 Å². The third-order valence-corrected chi connectivity index (χ3v) is 5.30. The lowest BCUT2D eigenvalue weighted by molar-refractivity contribution is 0.365. The van der Waals surface area contributed by atoms with Crippen LogP contribution in [0.25, 0.3) is 0 Å². The van der Waals surface area contributed by atoms with E-state index in [2.05, 4.69) is 0 Å². The molecular weight excluding hydrogens is 293 g/mol. The van der Waals surface area contributed by atoms with E-state index < -0.39 is 9.84 Å². The highest BCUT2D eigenvalue weighted by Crippen LogP contribution is 2.27. The number of hydrogen-bond donors (Lipinski definition) is 1. The molecule has 0 spiro atoms. The number of halogens is 2. The molecule has 0 aliphatic heterocycles. The molecule has 0 saturated carbocycles. The minimum Gasteiger partial charge on any atom is -0.330 e. The molecule has 0 fully saturated rings. The molecule has 0 atom stereocenters. The van der Waals surface area contributed by atoms with Gasteiger partial charge < -0.3 is 5.73 Å². The molecule has 0 saturated heterocycles. The summed E-state index contributed by atoms with van der Waals surface area (Å²) in [5.41, 5.74) is 5.39. The first-order valence-electron chi connectivity index (χ1n) is 5.56. The van der Waals surface area contributed by atoms with Crippen molar-refractivity contribution in [2.75, 3.05) is 12.3 Å². The van der Waals surface area contributed by atoms with Gasteiger partial charge >= 0.3 is 0 Å². The molecule has 6 heteroatoms. The van der Waals surface area contributed by atoms with Crippen molar-refractivity contribution in [1.82, 2.24) is 0 Å². The Balaban J connectivity index is 2.90. The molecule has 102 valence electrons. The monoisotopic (exact) mass is 309 g/mol. The average Bonchev–Trinajstić information content (AvgIpc) is 2.30. The van der Waals surface area contributed by atoms with Gasteiger partial charge in [0.15, 0.2) is 9.84 Å². The Bertz CT molecular complexity index is 527. The lowest BCUT2D eigenvalue weighted by Gasteiger charge is -2.21. The van der Waals surface area contributed by atoms with Gasteiger partial charge in [0, 0.05) is 0 Å². The molecular formula is C12H17Cl2NO2S. The van der Waals surface area contributed by atoms with Gasteiger partial charge in [0.25, 0.3) is 0 Å². The van der Waals surface area contributed by atoms with E-state index in [1.54, 1.807) is 0 Å². The van der Waals surface area contributed by atoms with Crippen LogP contribution in [-0.4, -0.2) is 20.7 Å². The van der Waals surface area contributed by atoms with Gasteiger partial charge in [-0.25, -0.2) is 8.42 Å². The zero-order valence-corrected chi connectivity index (χ0v) is 12.7. The first kappa shape index (κ1) is 15.8. The highest BCUT2D eigenvalue weighted by atomic mass is 35.5. The van der Waals surface area contributed by atoms with Gasteiger partial charge in [-0.3, -0.25) is 0 Å². The maximum atomic E-state index is 12.1. The second-order valence-electron chi connectivity index (χ2n) is 5.01. The van der Waals surface area contributed by atoms with Crippen molar-refractivity contribution in [1.29, 1.82) is 0 Å². The van der Waals surface area contributed by atoms with Gasteiger partial charge in [-0.1, -0.05) is 37.0 Å². The zero-order valence-electron chi connectivity index (χ0n) is 10.4. The van der Waals surface area contributed by atoms with Crippen LogP contribution in [-0.2, 0) is 9.84 Å². The molecule has 1 aromatic carbocycles. The summed E-state index contributed by atoms with van der Waals surface area (Å²) >= 11 is 11.6. The predicted molar refractivity (Wildman–Crippen MR) is 76.0 cm³/mol. The van der Waals surface area contributed by atoms with Gasteiger partial charge in [-0.2, -0.15) is 0 Å². The third-order valence-electron chi connectivity index (χ3n) is 2.85. The Morgan fingerprint density at radius 2 is 1.83 bits per heavy atom. The van der Waals surface area contributed by atoms with Crippen LogP contribution in [0.4, 0.5) is 0 Å². The van der Waals surface area contributed by atoms with E-state index >= 15 is 0 Å². The zero-order chi connectivity index (χ0) is 14.0. The molecule has 0 amide bonds. The van der Waals surface area contributed by atoms with Gasteiger partial charge in [-0.15, -0.1) is 0 Å². The molecule has 0 aromatic heterocycles. The molecule has 0 aliphatic rings. The first-order valence-corrected chi connectivity index (χ1v) is 7.97. The Labute approximate surface area is 118 Å². The summed E-state index contributed by atoms with van der Waals surface area (Å²) in [5, 5.41) is 0.591. The summed E-state index contributed by atoms with van der Waals surface area (Å²) in [6.45, 7) is 4.33. The average molecular weight is 310 g/mol. The van der Waals surface area contributed by atoms with Crippen LogP contribution in [0.5, 0.6) is 0 Å². The lowest BCUT2D eigenvalue weighted by Crippen LogP contribution is -2.26. The normalized spacial score (nSPS) is 12.7. The summed E-state index contributed by atoms with van der Waals surface area (Å²) in [6, 6.07) is 4.35. The summed E-state index contributed by atoms with van der Waals surface area (Å²) in [7, 11) is -3.34. The Kier molecular flexibility index (Phi) is 5.06. The van der Waals surface area contributed by atoms with Gasteiger partial charge in [0.05, 0.1) is 20.7 Å². The fraction of sp³-hybridized carbons (Fsp3) is 0.500. The molecule has 2 N–H and O–H groups in total. The molecule has 1 aromatic rings. The molecule has 3 nitrogen and oxygen atoms in total. The topological polar surface area (TPSA) is 60.2 Å². The standard InChI is InChI=1S/C12H17Cl2NO2S/c1-12(2,8-15)5-6-18(16,17)9-3-4-10(13)11(14)7-9/h3-4,7H,5-6,8,15H2,1-2H3. The van der Waals surface area contributed by atoms with Crippen LogP contribution < -0.4 is 5.73 Å². The summed E-state index contributed by atoms with van der Waals surface area (Å²) in [4.78, 5) is 0.199.